The minimum absolute atomic E-state index is 0.0146. The van der Waals surface area contributed by atoms with Gasteiger partial charge in [0.15, 0.2) is 0 Å². The average Bonchev–Trinajstić information content (AvgIpc) is 2.83. The Labute approximate surface area is 221 Å². The van der Waals surface area contributed by atoms with Crippen LogP contribution in [0.2, 0.25) is 5.02 Å². The standard InChI is InChI=1S/C25H33ClN3O7P/c1-4-15(2)23(27-16(3)30)25(33)28-21(13-17-7-11-20(31)12-8-17)24(32)29-22(37(34,35)36)14-18-5-9-19(26)10-6-18/h5-12,15,21-23,31H,4,13-14H2,1-3H3,(H,27,30)(H,28,33)(H,29,32)(H2,34,35,36)/t15?,21-,22?,23-/m0/s1. The van der Waals surface area contributed by atoms with Crippen LogP contribution in [0.5, 0.6) is 5.75 Å². The Morgan fingerprint density at radius 3 is 1.95 bits per heavy atom. The lowest BCUT2D eigenvalue weighted by molar-refractivity contribution is -0.132. The monoisotopic (exact) mass is 553 g/mol. The van der Waals surface area contributed by atoms with Gasteiger partial charge in [-0.25, -0.2) is 0 Å². The van der Waals surface area contributed by atoms with Crippen molar-refractivity contribution >= 4 is 36.9 Å². The molecule has 0 bridgehead atoms. The Morgan fingerprint density at radius 1 is 0.892 bits per heavy atom. The summed E-state index contributed by atoms with van der Waals surface area (Å²) in [4.78, 5) is 58.0. The van der Waals surface area contributed by atoms with Crippen LogP contribution < -0.4 is 16.0 Å². The van der Waals surface area contributed by atoms with E-state index >= 15 is 0 Å². The number of benzene rings is 2. The summed E-state index contributed by atoms with van der Waals surface area (Å²) in [7, 11) is -4.80. The van der Waals surface area contributed by atoms with Gasteiger partial charge in [0.1, 0.15) is 23.6 Å². The summed E-state index contributed by atoms with van der Waals surface area (Å²) < 4.78 is 12.2. The van der Waals surface area contributed by atoms with Crippen molar-refractivity contribution in [1.29, 1.82) is 0 Å². The number of amides is 3. The van der Waals surface area contributed by atoms with E-state index in [0.29, 0.717) is 22.6 Å². The maximum atomic E-state index is 13.3. The fraction of sp³-hybridized carbons (Fsp3) is 0.400. The van der Waals surface area contributed by atoms with Gasteiger partial charge in [-0.3, -0.25) is 18.9 Å². The Balaban J connectivity index is 2.32. The van der Waals surface area contributed by atoms with Crippen LogP contribution in [-0.4, -0.2) is 50.5 Å². The molecule has 0 radical (unpaired) electrons. The van der Waals surface area contributed by atoms with E-state index in [4.69, 9.17) is 11.6 Å². The van der Waals surface area contributed by atoms with Gasteiger partial charge in [-0.15, -0.1) is 0 Å². The molecule has 0 aliphatic heterocycles. The number of carbonyl (C=O) groups excluding carboxylic acids is 3. The minimum atomic E-state index is -4.80. The van der Waals surface area contributed by atoms with Gasteiger partial charge < -0.3 is 30.8 Å². The molecule has 2 rings (SSSR count). The van der Waals surface area contributed by atoms with E-state index in [0.717, 1.165) is 0 Å². The number of hydrogen-bond acceptors (Lipinski definition) is 5. The highest BCUT2D eigenvalue weighted by molar-refractivity contribution is 7.52. The van der Waals surface area contributed by atoms with Crippen LogP contribution in [0.1, 0.15) is 38.3 Å². The van der Waals surface area contributed by atoms with Crippen LogP contribution in [0.3, 0.4) is 0 Å². The molecular weight excluding hydrogens is 521 g/mol. The van der Waals surface area contributed by atoms with Gasteiger partial charge in [-0.2, -0.15) is 0 Å². The third kappa shape index (κ3) is 9.81. The lowest BCUT2D eigenvalue weighted by Gasteiger charge is -2.28. The molecule has 0 saturated heterocycles. The Kier molecular flexibility index (Phi) is 11.1. The predicted molar refractivity (Wildman–Crippen MR) is 140 cm³/mol. The summed E-state index contributed by atoms with van der Waals surface area (Å²) in [6.07, 6.45) is 0.378. The summed E-state index contributed by atoms with van der Waals surface area (Å²) in [6.45, 7) is 4.92. The fourth-order valence-corrected chi connectivity index (χ4v) is 4.49. The summed E-state index contributed by atoms with van der Waals surface area (Å²) in [5, 5.41) is 17.6. The van der Waals surface area contributed by atoms with Crippen molar-refractivity contribution in [2.75, 3.05) is 0 Å². The topological polar surface area (TPSA) is 165 Å². The first-order chi connectivity index (χ1) is 17.3. The molecule has 10 nitrogen and oxygen atoms in total. The number of rotatable bonds is 12. The lowest BCUT2D eigenvalue weighted by atomic mass is 9.97. The van der Waals surface area contributed by atoms with Crippen LogP contribution in [0, 0.1) is 5.92 Å². The zero-order valence-corrected chi connectivity index (χ0v) is 22.5. The number of carbonyl (C=O) groups is 3. The Hall–Kier alpha value is -2.91. The Morgan fingerprint density at radius 2 is 1.43 bits per heavy atom. The molecular formula is C25H33ClN3O7P. The number of phenolic OH excluding ortho intramolecular Hbond substituents is 1. The minimum Gasteiger partial charge on any atom is -0.508 e. The van der Waals surface area contributed by atoms with Crippen molar-refractivity contribution in [2.24, 2.45) is 5.92 Å². The zero-order chi connectivity index (χ0) is 27.8. The summed E-state index contributed by atoms with van der Waals surface area (Å²) in [5.74, 6) is -3.61. The van der Waals surface area contributed by atoms with Gasteiger partial charge in [0, 0.05) is 24.8 Å². The molecule has 37 heavy (non-hydrogen) atoms. The molecule has 0 aliphatic carbocycles. The fourth-order valence-electron chi connectivity index (χ4n) is 3.62. The van der Waals surface area contributed by atoms with Gasteiger partial charge in [0.2, 0.25) is 17.7 Å². The van der Waals surface area contributed by atoms with Crippen LogP contribution in [0.4, 0.5) is 0 Å². The highest BCUT2D eigenvalue weighted by Crippen LogP contribution is 2.41. The van der Waals surface area contributed by atoms with E-state index < -0.39 is 43.2 Å². The zero-order valence-electron chi connectivity index (χ0n) is 20.8. The lowest BCUT2D eigenvalue weighted by Crippen LogP contribution is -2.57. The first kappa shape index (κ1) is 30.3. The third-order valence-electron chi connectivity index (χ3n) is 5.92. The van der Waals surface area contributed by atoms with Crippen molar-refractivity contribution in [3.05, 3.63) is 64.7 Å². The summed E-state index contributed by atoms with van der Waals surface area (Å²) in [5.41, 5.74) is 1.13. The van der Waals surface area contributed by atoms with Gasteiger partial charge >= 0.3 is 7.60 Å². The van der Waals surface area contributed by atoms with E-state index in [1.165, 1.54) is 19.1 Å². The summed E-state index contributed by atoms with van der Waals surface area (Å²) in [6, 6.07) is 10.2. The molecule has 0 spiro atoms. The van der Waals surface area contributed by atoms with Crippen molar-refractivity contribution in [3.8, 4) is 5.75 Å². The van der Waals surface area contributed by atoms with E-state index in [2.05, 4.69) is 16.0 Å². The van der Waals surface area contributed by atoms with Crippen molar-refractivity contribution < 1.29 is 33.8 Å². The molecule has 0 fully saturated rings. The molecule has 0 aromatic heterocycles. The molecule has 3 amide bonds. The number of nitrogens with one attached hydrogen (secondary N) is 3. The number of hydrogen-bond donors (Lipinski definition) is 6. The molecule has 2 unspecified atom stereocenters. The van der Waals surface area contributed by atoms with Crippen LogP contribution in [0.15, 0.2) is 48.5 Å². The van der Waals surface area contributed by atoms with Crippen LogP contribution >= 0.6 is 19.2 Å². The van der Waals surface area contributed by atoms with Gasteiger partial charge in [0.25, 0.3) is 0 Å². The second-order valence-electron chi connectivity index (χ2n) is 8.94. The average molecular weight is 554 g/mol. The van der Waals surface area contributed by atoms with E-state index in [1.807, 2.05) is 6.92 Å². The SMILES string of the molecule is CCC(C)[C@H](NC(C)=O)C(=O)N[C@@H](Cc1ccc(O)cc1)C(=O)NC(Cc1ccc(Cl)cc1)P(=O)(O)O. The summed E-state index contributed by atoms with van der Waals surface area (Å²) >= 11 is 5.88. The first-order valence-corrected chi connectivity index (χ1v) is 13.8. The second kappa shape index (κ2) is 13.6. The number of halogens is 1. The molecule has 6 N–H and O–H groups in total. The number of phenols is 1. The van der Waals surface area contributed by atoms with Crippen molar-refractivity contribution in [2.45, 2.75) is 57.9 Å². The molecule has 2 aromatic rings. The molecule has 202 valence electrons. The smallest absolute Gasteiger partial charge is 0.347 e. The molecule has 2 aromatic carbocycles. The molecule has 4 atom stereocenters. The normalized spacial score (nSPS) is 14.6. The van der Waals surface area contributed by atoms with E-state index in [9.17, 15) is 33.8 Å². The van der Waals surface area contributed by atoms with Crippen LogP contribution in [0.25, 0.3) is 0 Å². The first-order valence-electron chi connectivity index (χ1n) is 11.8. The van der Waals surface area contributed by atoms with Gasteiger partial charge in [0.05, 0.1) is 0 Å². The predicted octanol–water partition coefficient (Wildman–Crippen LogP) is 2.49. The molecule has 0 saturated carbocycles. The maximum Gasteiger partial charge on any atom is 0.347 e. The van der Waals surface area contributed by atoms with Gasteiger partial charge in [-0.05, 0) is 41.3 Å². The Bertz CT molecular complexity index is 1120. The largest absolute Gasteiger partial charge is 0.508 e. The quantitative estimate of drug-likeness (QED) is 0.220. The highest BCUT2D eigenvalue weighted by Gasteiger charge is 2.35. The molecule has 0 aliphatic rings. The van der Waals surface area contributed by atoms with Gasteiger partial charge in [-0.1, -0.05) is 56.1 Å². The van der Waals surface area contributed by atoms with Crippen molar-refractivity contribution in [1.82, 2.24) is 16.0 Å². The van der Waals surface area contributed by atoms with E-state index in [-0.39, 0.29) is 24.5 Å². The maximum absolute atomic E-state index is 13.3. The molecule has 12 heteroatoms. The van der Waals surface area contributed by atoms with Crippen LogP contribution in [-0.2, 0) is 31.8 Å². The van der Waals surface area contributed by atoms with Crippen molar-refractivity contribution in [3.63, 3.8) is 0 Å². The number of aromatic hydroxyl groups is 1. The molecule has 0 heterocycles. The second-order valence-corrected chi connectivity index (χ2v) is 11.2. The van der Waals surface area contributed by atoms with E-state index in [1.54, 1.807) is 43.3 Å². The highest BCUT2D eigenvalue weighted by atomic mass is 35.5. The third-order valence-corrected chi connectivity index (χ3v) is 7.30.